The highest BCUT2D eigenvalue weighted by Crippen LogP contribution is 2.27. The summed E-state index contributed by atoms with van der Waals surface area (Å²) in [7, 11) is 0. The number of halogens is 1. The van der Waals surface area contributed by atoms with E-state index in [1.165, 1.54) is 29.1 Å². The molecule has 0 aliphatic heterocycles. The molecule has 1 atom stereocenters. The van der Waals surface area contributed by atoms with E-state index in [9.17, 15) is 9.18 Å². The third kappa shape index (κ3) is 3.55. The summed E-state index contributed by atoms with van der Waals surface area (Å²) in [6.45, 7) is 3.88. The number of fused-ring (bicyclic) bond motifs is 2. The van der Waals surface area contributed by atoms with Gasteiger partial charge in [0.25, 0.3) is 5.56 Å². The molecule has 0 radical (unpaired) electrons. The Hall–Kier alpha value is -4.34. The van der Waals surface area contributed by atoms with Crippen molar-refractivity contribution in [1.29, 1.82) is 0 Å². The Labute approximate surface area is 187 Å². The van der Waals surface area contributed by atoms with E-state index in [0.717, 1.165) is 5.56 Å². The molecular weight excluding hydrogens is 423 g/mol. The Morgan fingerprint density at radius 2 is 2.00 bits per heavy atom. The van der Waals surface area contributed by atoms with E-state index >= 15 is 0 Å². The minimum absolute atomic E-state index is 0.0855. The Morgan fingerprint density at radius 1 is 1.18 bits per heavy atom. The number of imidazole rings is 1. The molecule has 10 heteroatoms. The molecule has 0 fully saturated rings. The number of hydrogen-bond donors (Lipinski definition) is 3. The van der Waals surface area contributed by atoms with Gasteiger partial charge in [0.05, 0.1) is 29.0 Å². The van der Waals surface area contributed by atoms with E-state index < -0.39 is 11.9 Å². The lowest BCUT2D eigenvalue weighted by atomic mass is 10.1. The van der Waals surface area contributed by atoms with Crippen LogP contribution in [0.15, 0.2) is 53.6 Å². The molecule has 5 aromatic rings. The molecule has 0 bridgehead atoms. The predicted octanol–water partition coefficient (Wildman–Crippen LogP) is 3.64. The summed E-state index contributed by atoms with van der Waals surface area (Å²) < 4.78 is 15.5. The molecule has 9 nitrogen and oxygen atoms in total. The van der Waals surface area contributed by atoms with Gasteiger partial charge in [0.2, 0.25) is 5.95 Å². The van der Waals surface area contributed by atoms with Crippen molar-refractivity contribution in [1.82, 2.24) is 29.5 Å². The summed E-state index contributed by atoms with van der Waals surface area (Å²) in [5.74, 6) is 0.488. The van der Waals surface area contributed by atoms with E-state index in [1.807, 2.05) is 38.1 Å². The maximum atomic E-state index is 14.0. The van der Waals surface area contributed by atoms with Crippen LogP contribution in [0.25, 0.3) is 27.8 Å². The minimum atomic E-state index is -0.493. The molecule has 0 spiro atoms. The van der Waals surface area contributed by atoms with Gasteiger partial charge in [-0.05, 0) is 43.2 Å². The van der Waals surface area contributed by atoms with E-state index in [-0.39, 0.29) is 16.9 Å². The van der Waals surface area contributed by atoms with Crippen LogP contribution in [0, 0.1) is 12.7 Å². The molecule has 0 amide bonds. The Bertz CT molecular complexity index is 1560. The molecule has 0 aliphatic carbocycles. The zero-order valence-electron chi connectivity index (χ0n) is 18.0. The minimum Gasteiger partial charge on any atom is -0.368 e. The molecule has 0 aliphatic rings. The fraction of sp³-hybridized carbons (Fsp3) is 0.174. The topological polar surface area (TPSA) is 127 Å². The van der Waals surface area contributed by atoms with Crippen molar-refractivity contribution in [3.8, 4) is 5.69 Å². The van der Waals surface area contributed by atoms with Gasteiger partial charge in [0.1, 0.15) is 17.2 Å². The number of aromatic nitrogens is 6. The fourth-order valence-electron chi connectivity index (χ4n) is 3.92. The Balaban J connectivity index is 1.75. The summed E-state index contributed by atoms with van der Waals surface area (Å²) in [4.78, 5) is 34.1. The van der Waals surface area contributed by atoms with E-state index in [4.69, 9.17) is 10.7 Å². The second-order valence-electron chi connectivity index (χ2n) is 7.69. The third-order valence-electron chi connectivity index (χ3n) is 5.54. The lowest BCUT2D eigenvalue weighted by molar-refractivity contribution is 0.628. The van der Waals surface area contributed by atoms with E-state index in [1.54, 1.807) is 0 Å². The summed E-state index contributed by atoms with van der Waals surface area (Å²) in [6, 6.07) is 11.1. The highest BCUT2D eigenvalue weighted by atomic mass is 19.1. The monoisotopic (exact) mass is 444 g/mol. The number of aromatic amines is 1. The van der Waals surface area contributed by atoms with Crippen molar-refractivity contribution in [2.45, 2.75) is 26.3 Å². The molecule has 0 saturated carbocycles. The first-order valence-corrected chi connectivity index (χ1v) is 10.5. The average molecular weight is 444 g/mol. The molecule has 3 heterocycles. The SMILES string of the molecule is CC[C@@H](Nc1nc(N)nc2[nH]cnc12)c1nc2ccc(F)cc2c(=O)n1-c1ccccc1C. The number of anilines is 2. The number of H-pyrrole nitrogens is 1. The zero-order chi connectivity index (χ0) is 23.1. The van der Waals surface area contributed by atoms with Crippen LogP contribution < -0.4 is 16.6 Å². The molecule has 5 rings (SSSR count). The summed E-state index contributed by atoms with van der Waals surface area (Å²) in [5.41, 5.74) is 8.51. The molecule has 4 N–H and O–H groups in total. The van der Waals surface area contributed by atoms with Crippen molar-refractivity contribution < 1.29 is 4.39 Å². The molecule has 0 unspecified atom stereocenters. The van der Waals surface area contributed by atoms with Gasteiger partial charge < -0.3 is 16.0 Å². The number of nitrogens with zero attached hydrogens (tertiary/aromatic N) is 5. The quantitative estimate of drug-likeness (QED) is 0.378. The number of benzene rings is 2. The highest BCUT2D eigenvalue weighted by Gasteiger charge is 2.23. The number of hydrogen-bond acceptors (Lipinski definition) is 7. The number of nitrogens with one attached hydrogen (secondary N) is 2. The lowest BCUT2D eigenvalue weighted by Gasteiger charge is -2.23. The first-order valence-electron chi connectivity index (χ1n) is 10.5. The van der Waals surface area contributed by atoms with Crippen molar-refractivity contribution in [3.05, 3.63) is 76.4 Å². The van der Waals surface area contributed by atoms with Gasteiger partial charge in [-0.25, -0.2) is 14.4 Å². The summed E-state index contributed by atoms with van der Waals surface area (Å²) >= 11 is 0. The molecular formula is C23H21FN8O. The predicted molar refractivity (Wildman–Crippen MR) is 125 cm³/mol. The van der Waals surface area contributed by atoms with Gasteiger partial charge >= 0.3 is 0 Å². The first-order chi connectivity index (χ1) is 16.0. The van der Waals surface area contributed by atoms with Crippen molar-refractivity contribution in [2.75, 3.05) is 11.1 Å². The summed E-state index contributed by atoms with van der Waals surface area (Å²) in [5, 5.41) is 3.54. The van der Waals surface area contributed by atoms with Crippen LogP contribution in [0.2, 0.25) is 0 Å². The van der Waals surface area contributed by atoms with Gasteiger partial charge in [-0.1, -0.05) is 25.1 Å². The van der Waals surface area contributed by atoms with Crippen molar-refractivity contribution in [3.63, 3.8) is 0 Å². The second-order valence-corrected chi connectivity index (χ2v) is 7.69. The standard InChI is InChI=1S/C23H21FN8O/c1-3-15(28-20-18-19(27-11-26-18)30-23(25)31-20)21-29-16-9-8-13(24)10-14(16)22(33)32(21)17-7-5-4-6-12(17)2/h4-11,15H,3H2,1-2H3,(H4,25,26,27,28,30,31)/t15-/m1/s1. The first kappa shape index (κ1) is 20.6. The van der Waals surface area contributed by atoms with E-state index in [0.29, 0.717) is 40.4 Å². The van der Waals surface area contributed by atoms with Crippen molar-refractivity contribution >= 4 is 33.8 Å². The van der Waals surface area contributed by atoms with Crippen LogP contribution in [0.4, 0.5) is 16.2 Å². The molecule has 2 aromatic carbocycles. The van der Waals surface area contributed by atoms with Crippen molar-refractivity contribution in [2.24, 2.45) is 0 Å². The van der Waals surface area contributed by atoms with E-state index in [2.05, 4.69) is 25.3 Å². The van der Waals surface area contributed by atoms with Crippen LogP contribution in [0.3, 0.4) is 0 Å². The molecule has 3 aromatic heterocycles. The number of nitrogen functional groups attached to an aromatic ring is 1. The van der Waals surface area contributed by atoms with Gasteiger partial charge in [-0.3, -0.25) is 9.36 Å². The average Bonchev–Trinajstić information content (AvgIpc) is 3.27. The van der Waals surface area contributed by atoms with Gasteiger partial charge in [-0.15, -0.1) is 0 Å². The molecule has 33 heavy (non-hydrogen) atoms. The number of nitrogens with two attached hydrogens (primary N) is 1. The zero-order valence-corrected chi connectivity index (χ0v) is 18.0. The lowest BCUT2D eigenvalue weighted by Crippen LogP contribution is -2.29. The summed E-state index contributed by atoms with van der Waals surface area (Å²) in [6.07, 6.45) is 2.08. The molecule has 0 saturated heterocycles. The molecule has 166 valence electrons. The smallest absolute Gasteiger partial charge is 0.266 e. The van der Waals surface area contributed by atoms with Crippen LogP contribution in [0.5, 0.6) is 0 Å². The largest absolute Gasteiger partial charge is 0.368 e. The number of aryl methyl sites for hydroxylation is 1. The fourth-order valence-corrected chi connectivity index (χ4v) is 3.92. The highest BCUT2D eigenvalue weighted by molar-refractivity contribution is 5.84. The second kappa shape index (κ2) is 7.97. The van der Waals surface area contributed by atoms with Gasteiger partial charge in [-0.2, -0.15) is 9.97 Å². The third-order valence-corrected chi connectivity index (χ3v) is 5.54. The number of rotatable bonds is 5. The van der Waals surface area contributed by atoms with Gasteiger partial charge in [0.15, 0.2) is 11.5 Å². The number of para-hydroxylation sites is 1. The normalized spacial score (nSPS) is 12.3. The Morgan fingerprint density at radius 3 is 2.79 bits per heavy atom. The maximum absolute atomic E-state index is 14.0. The van der Waals surface area contributed by atoms with Crippen LogP contribution in [0.1, 0.15) is 30.8 Å². The van der Waals surface area contributed by atoms with Gasteiger partial charge in [0, 0.05) is 0 Å². The van der Waals surface area contributed by atoms with Crippen LogP contribution in [-0.2, 0) is 0 Å². The Kier molecular flexibility index (Phi) is 4.97. The van der Waals surface area contributed by atoms with Crippen LogP contribution >= 0.6 is 0 Å². The maximum Gasteiger partial charge on any atom is 0.266 e. The van der Waals surface area contributed by atoms with Crippen LogP contribution in [-0.4, -0.2) is 29.5 Å².